The maximum Gasteiger partial charge on any atom is 0.118 e. The number of hydrogen-bond acceptors (Lipinski definition) is 1. The van der Waals surface area contributed by atoms with Crippen molar-refractivity contribution in [1.29, 1.82) is 0 Å². The van der Waals surface area contributed by atoms with Crippen LogP contribution >= 0.6 is 0 Å². The van der Waals surface area contributed by atoms with Crippen LogP contribution in [0.1, 0.15) is 19.8 Å². The highest BCUT2D eigenvalue weighted by Crippen LogP contribution is 1.77. The van der Waals surface area contributed by atoms with Crippen molar-refractivity contribution in [1.82, 2.24) is 0 Å². The molecule has 0 aromatic rings. The zero-order valence-corrected chi connectivity index (χ0v) is 3.62. The van der Waals surface area contributed by atoms with E-state index in [1.807, 2.05) is 0 Å². The first-order valence-corrected chi connectivity index (χ1v) is 2.06. The molecule has 0 saturated carbocycles. The highest BCUT2D eigenvalue weighted by atomic mass is 14.5. The lowest BCUT2D eigenvalue weighted by atomic mass is 10.3. The van der Waals surface area contributed by atoms with E-state index in [2.05, 4.69) is 12.7 Å². The van der Waals surface area contributed by atoms with Gasteiger partial charge in [0, 0.05) is 0 Å². The monoisotopic (exact) mass is 75.1 g/mol. The molecule has 2 N–H and O–H groups in total. The molecular weight excluding hydrogens is 62.1 g/mol. The maximum absolute atomic E-state index is 6.46. The second-order valence-corrected chi connectivity index (χ2v) is 1.10. The SMILES string of the molecule is [3H]NCCCC. The summed E-state index contributed by atoms with van der Waals surface area (Å²) in [5, 5.41) is 0. The van der Waals surface area contributed by atoms with Crippen molar-refractivity contribution in [2.45, 2.75) is 19.8 Å². The molecule has 0 rings (SSSR count). The number of nitrogens with two attached hydrogens (primary N) is 1. The Labute approximate surface area is 34.6 Å². The summed E-state index contributed by atoms with van der Waals surface area (Å²) < 4.78 is 6.46. The van der Waals surface area contributed by atoms with Gasteiger partial charge in [0.2, 0.25) is 0 Å². The summed E-state index contributed by atoms with van der Waals surface area (Å²) in [6.07, 6.45) is 2.29. The Balaban J connectivity index is 2.34. The van der Waals surface area contributed by atoms with Crippen LogP contribution in [-0.2, 0) is 0 Å². The van der Waals surface area contributed by atoms with Gasteiger partial charge in [-0.3, -0.25) is 0 Å². The van der Waals surface area contributed by atoms with E-state index in [-0.39, 0.29) is 0 Å². The topological polar surface area (TPSA) is 26.0 Å². The Bertz CT molecular complexity index is 19.5. The van der Waals surface area contributed by atoms with Crippen molar-refractivity contribution in [3.05, 3.63) is 0 Å². The predicted octanol–water partition coefficient (Wildman–Crippen LogP) is 0.745. The lowest BCUT2D eigenvalue weighted by Crippen LogP contribution is -1.95. The zero-order chi connectivity index (χ0) is 4.83. The molecule has 32 valence electrons. The molecule has 0 aliphatic rings. The first-order valence-electron chi connectivity index (χ1n) is 2.56. The molecule has 0 aromatic carbocycles. The van der Waals surface area contributed by atoms with Gasteiger partial charge in [0.25, 0.3) is 0 Å². The average Bonchev–Trinajstić information content (AvgIpc) is 1.61. The van der Waals surface area contributed by atoms with Crippen LogP contribution in [0.15, 0.2) is 0 Å². The van der Waals surface area contributed by atoms with Gasteiger partial charge in [0.05, 0.1) is 0 Å². The molecule has 0 aromatic heterocycles. The standard InChI is InChI=1S/C4H11N/c1-2-3-4-5/h2-5H2,1H3/i/hT. The van der Waals surface area contributed by atoms with E-state index in [1.165, 1.54) is 6.42 Å². The second-order valence-electron chi connectivity index (χ2n) is 1.10. The summed E-state index contributed by atoms with van der Waals surface area (Å²) >= 11 is 0. The Morgan fingerprint density at radius 2 is 2.80 bits per heavy atom. The third kappa shape index (κ3) is 3.96. The minimum absolute atomic E-state index is 0.830. The Hall–Kier alpha value is -0.0400. The molecule has 0 saturated heterocycles. The van der Waals surface area contributed by atoms with Crippen LogP contribution in [0, 0.1) is 0 Å². The van der Waals surface area contributed by atoms with Gasteiger partial charge in [-0.05, 0) is 13.0 Å². The zero-order valence-electron chi connectivity index (χ0n) is 4.62. The normalized spacial score (nSPS) is 11.0. The quantitative estimate of drug-likeness (QED) is 0.492. The Morgan fingerprint density at radius 3 is 3.00 bits per heavy atom. The van der Waals surface area contributed by atoms with Gasteiger partial charge in [-0.15, -0.1) is 0 Å². The highest BCUT2D eigenvalue weighted by Gasteiger charge is 1.67. The van der Waals surface area contributed by atoms with Crippen molar-refractivity contribution in [3.63, 3.8) is 0 Å². The van der Waals surface area contributed by atoms with Gasteiger partial charge in [-0.1, -0.05) is 13.3 Å². The summed E-state index contributed by atoms with van der Waals surface area (Å²) in [5.74, 6) is 0. The van der Waals surface area contributed by atoms with E-state index in [1.54, 1.807) is 0 Å². The molecule has 5 heavy (non-hydrogen) atoms. The molecular formula is C4H11N. The largest absolute Gasteiger partial charge is 0.330 e. The summed E-state index contributed by atoms with van der Waals surface area (Å²) in [4.78, 5) is 0. The molecule has 0 bridgehead atoms. The van der Waals surface area contributed by atoms with Crippen LogP contribution in [0.3, 0.4) is 0 Å². The molecule has 0 aliphatic heterocycles. The van der Waals surface area contributed by atoms with Crippen LogP contribution in [0.25, 0.3) is 0 Å². The summed E-state index contributed by atoms with van der Waals surface area (Å²) in [6, 6.07) is 0. The first kappa shape index (κ1) is 3.16. The molecule has 0 atom stereocenters. The first-order chi connectivity index (χ1) is 2.91. The van der Waals surface area contributed by atoms with Gasteiger partial charge in [0.1, 0.15) is 1.41 Å². The summed E-state index contributed by atoms with van der Waals surface area (Å²) in [5.41, 5.74) is 2.32. The molecule has 0 radical (unpaired) electrons. The average molecular weight is 75.1 g/mol. The minimum Gasteiger partial charge on any atom is -0.330 e. The smallest absolute Gasteiger partial charge is 0.118 e. The van der Waals surface area contributed by atoms with E-state index < -0.39 is 0 Å². The van der Waals surface area contributed by atoms with E-state index in [4.69, 9.17) is 1.41 Å². The number of unbranched alkanes of at least 4 members (excludes halogenated alkanes) is 1. The van der Waals surface area contributed by atoms with Gasteiger partial charge < -0.3 is 5.73 Å². The second kappa shape index (κ2) is 3.96. The fourth-order valence-corrected chi connectivity index (χ4v) is 0.177. The van der Waals surface area contributed by atoms with Gasteiger partial charge in [-0.25, -0.2) is 0 Å². The van der Waals surface area contributed by atoms with E-state index in [9.17, 15) is 0 Å². The minimum atomic E-state index is 0.830. The van der Waals surface area contributed by atoms with Crippen molar-refractivity contribution < 1.29 is 1.41 Å². The Kier molecular flexibility index (Phi) is 2.50. The predicted molar refractivity (Wildman–Crippen MR) is 24.0 cm³/mol. The molecule has 0 amide bonds. The van der Waals surface area contributed by atoms with Gasteiger partial charge >= 0.3 is 0 Å². The van der Waals surface area contributed by atoms with Crippen LogP contribution in [-0.4, -0.2) is 6.54 Å². The fourth-order valence-electron chi connectivity index (χ4n) is 0.177. The van der Waals surface area contributed by atoms with Crippen molar-refractivity contribution >= 4 is 0 Å². The van der Waals surface area contributed by atoms with Crippen LogP contribution in [0.2, 0.25) is 1.41 Å². The molecule has 0 fully saturated rings. The Morgan fingerprint density at radius 1 is 2.00 bits per heavy atom. The maximum atomic E-state index is 6.46. The van der Waals surface area contributed by atoms with Crippen LogP contribution in [0.5, 0.6) is 0 Å². The van der Waals surface area contributed by atoms with Crippen molar-refractivity contribution in [2.75, 3.05) is 6.54 Å². The highest BCUT2D eigenvalue weighted by molar-refractivity contribution is 4.29. The molecule has 0 spiro atoms. The molecule has 0 unspecified atom stereocenters. The lowest BCUT2D eigenvalue weighted by Gasteiger charge is -1.80. The van der Waals surface area contributed by atoms with Crippen LogP contribution < -0.4 is 5.73 Å². The van der Waals surface area contributed by atoms with E-state index in [0.717, 1.165) is 13.0 Å². The lowest BCUT2D eigenvalue weighted by molar-refractivity contribution is 0.807. The van der Waals surface area contributed by atoms with Crippen molar-refractivity contribution in [2.24, 2.45) is 5.73 Å². The number of hydrogen-bond donors (Lipinski definition) is 1. The fraction of sp³-hybridized carbons (Fsp3) is 1.00. The number of rotatable bonds is 3. The van der Waals surface area contributed by atoms with Gasteiger partial charge in [0.15, 0.2) is 0 Å². The third-order valence-electron chi connectivity index (χ3n) is 0.530. The third-order valence-corrected chi connectivity index (χ3v) is 0.530. The summed E-state index contributed by atoms with van der Waals surface area (Å²) in [7, 11) is 0. The molecule has 1 heteroatoms. The van der Waals surface area contributed by atoms with E-state index in [0.29, 0.717) is 0 Å². The molecule has 0 aliphatic carbocycles. The van der Waals surface area contributed by atoms with Crippen LogP contribution in [0.4, 0.5) is 0 Å². The molecule has 1 nitrogen and oxygen atoms in total. The summed E-state index contributed by atoms with van der Waals surface area (Å²) in [6.45, 7) is 2.94. The molecule has 0 heterocycles. The van der Waals surface area contributed by atoms with E-state index >= 15 is 0 Å². The van der Waals surface area contributed by atoms with Crippen molar-refractivity contribution in [3.8, 4) is 0 Å². The van der Waals surface area contributed by atoms with Gasteiger partial charge in [-0.2, -0.15) is 0 Å².